The second-order valence-corrected chi connectivity index (χ2v) is 11.1. The molecule has 2 aromatic rings. The molecule has 0 aromatic heterocycles. The summed E-state index contributed by atoms with van der Waals surface area (Å²) in [5.74, 6) is 1.17. The quantitative estimate of drug-likeness (QED) is 0.322. The van der Waals surface area contributed by atoms with Crippen molar-refractivity contribution in [3.8, 4) is 11.5 Å². The molecule has 0 aliphatic carbocycles. The second kappa shape index (κ2) is 11.7. The van der Waals surface area contributed by atoms with Crippen molar-refractivity contribution >= 4 is 21.7 Å². The van der Waals surface area contributed by atoms with Gasteiger partial charge in [0.15, 0.2) is 11.5 Å². The van der Waals surface area contributed by atoms with Gasteiger partial charge < -0.3 is 24.2 Å². The summed E-state index contributed by atoms with van der Waals surface area (Å²) in [5, 5.41) is 0. The van der Waals surface area contributed by atoms with E-state index in [0.29, 0.717) is 30.9 Å². The van der Waals surface area contributed by atoms with Crippen molar-refractivity contribution in [2.24, 2.45) is 0 Å². The SMILES string of the molecule is CCN1CCN(c2cccc3c2CN(C(CCCOS(C)(=O)=O)c2ccc(OC)c(OC)c2)C3=O)CC1. The Morgan fingerprint density at radius 1 is 1.00 bits per heavy atom. The summed E-state index contributed by atoms with van der Waals surface area (Å²) in [5.41, 5.74) is 3.80. The lowest BCUT2D eigenvalue weighted by atomic mass is 9.99. The summed E-state index contributed by atoms with van der Waals surface area (Å²) in [4.78, 5) is 20.4. The third kappa shape index (κ3) is 6.19. The van der Waals surface area contributed by atoms with Crippen LogP contribution >= 0.6 is 0 Å². The fourth-order valence-corrected chi connectivity index (χ4v) is 5.66. The van der Waals surface area contributed by atoms with Crippen molar-refractivity contribution in [3.05, 3.63) is 53.1 Å². The molecule has 0 saturated carbocycles. The van der Waals surface area contributed by atoms with E-state index in [1.807, 2.05) is 35.2 Å². The number of piperazine rings is 1. The number of nitrogens with zero attached hydrogens (tertiary/aromatic N) is 3. The van der Waals surface area contributed by atoms with E-state index >= 15 is 0 Å². The summed E-state index contributed by atoms with van der Waals surface area (Å²) in [7, 11) is -0.365. The van der Waals surface area contributed by atoms with E-state index in [0.717, 1.165) is 61.4 Å². The predicted octanol–water partition coefficient (Wildman–Crippen LogP) is 3.30. The van der Waals surface area contributed by atoms with Crippen molar-refractivity contribution in [2.45, 2.75) is 32.4 Å². The highest BCUT2D eigenvalue weighted by atomic mass is 32.2. The zero-order valence-corrected chi connectivity index (χ0v) is 22.9. The number of hydrogen-bond donors (Lipinski definition) is 0. The molecule has 1 fully saturated rings. The molecule has 1 amide bonds. The zero-order chi connectivity index (χ0) is 26.6. The van der Waals surface area contributed by atoms with Gasteiger partial charge in [0.2, 0.25) is 0 Å². The third-order valence-corrected chi connectivity index (χ3v) is 7.81. The molecule has 37 heavy (non-hydrogen) atoms. The molecule has 0 bridgehead atoms. The molecular formula is C27H37N3O6S. The number of carbonyl (C=O) groups is 1. The molecule has 9 nitrogen and oxygen atoms in total. The van der Waals surface area contributed by atoms with E-state index in [1.165, 1.54) is 0 Å². The molecule has 2 aliphatic heterocycles. The Kier molecular flexibility index (Phi) is 8.61. The largest absolute Gasteiger partial charge is 0.493 e. The Morgan fingerprint density at radius 2 is 1.73 bits per heavy atom. The average Bonchev–Trinajstić information content (AvgIpc) is 3.24. The molecule has 0 N–H and O–H groups in total. The summed E-state index contributed by atoms with van der Waals surface area (Å²) in [6.07, 6.45) is 2.05. The molecule has 1 unspecified atom stereocenters. The number of benzene rings is 2. The van der Waals surface area contributed by atoms with Crippen LogP contribution in [0.3, 0.4) is 0 Å². The Morgan fingerprint density at radius 3 is 2.38 bits per heavy atom. The van der Waals surface area contributed by atoms with Crippen molar-refractivity contribution in [1.82, 2.24) is 9.80 Å². The lowest BCUT2D eigenvalue weighted by molar-refractivity contribution is 0.0684. The maximum atomic E-state index is 13.7. The van der Waals surface area contributed by atoms with Gasteiger partial charge in [-0.15, -0.1) is 0 Å². The van der Waals surface area contributed by atoms with Gasteiger partial charge in [-0.05, 0) is 49.2 Å². The number of rotatable bonds is 11. The number of anilines is 1. The first-order valence-corrected chi connectivity index (χ1v) is 14.5. The standard InChI is InChI=1S/C27H37N3O6S/c1-5-28-13-15-29(16-14-28)24-9-6-8-21-22(24)19-30(27(21)31)23(10-7-17-36-37(4,32)33)20-11-12-25(34-2)26(18-20)35-3/h6,8-9,11-12,18,23H,5,7,10,13-17,19H2,1-4H3. The first kappa shape index (κ1) is 27.2. The topological polar surface area (TPSA) is 88.6 Å². The molecule has 0 spiro atoms. The van der Waals surface area contributed by atoms with Crippen LogP contribution in [-0.2, 0) is 20.8 Å². The van der Waals surface area contributed by atoms with E-state index < -0.39 is 10.1 Å². The normalized spacial score (nSPS) is 17.1. The van der Waals surface area contributed by atoms with Gasteiger partial charge in [0, 0.05) is 49.5 Å². The highest BCUT2D eigenvalue weighted by Gasteiger charge is 2.36. The molecular weight excluding hydrogens is 494 g/mol. The molecule has 2 aliphatic rings. The van der Waals surface area contributed by atoms with E-state index in [-0.39, 0.29) is 18.6 Å². The van der Waals surface area contributed by atoms with E-state index in [1.54, 1.807) is 14.2 Å². The Balaban J connectivity index is 1.62. The van der Waals surface area contributed by atoms with Crippen LogP contribution in [0.25, 0.3) is 0 Å². The van der Waals surface area contributed by atoms with Crippen LogP contribution in [0.2, 0.25) is 0 Å². The monoisotopic (exact) mass is 531 g/mol. The van der Waals surface area contributed by atoms with E-state index in [2.05, 4.69) is 22.8 Å². The molecule has 4 rings (SSSR count). The van der Waals surface area contributed by atoms with E-state index in [4.69, 9.17) is 13.7 Å². The third-order valence-electron chi connectivity index (χ3n) is 7.22. The number of fused-ring (bicyclic) bond motifs is 1. The molecule has 2 aromatic carbocycles. The van der Waals surface area contributed by atoms with Crippen molar-refractivity contribution in [3.63, 3.8) is 0 Å². The molecule has 1 atom stereocenters. The molecule has 0 radical (unpaired) electrons. The molecule has 1 saturated heterocycles. The van der Waals surface area contributed by atoms with Gasteiger partial charge in [-0.3, -0.25) is 8.98 Å². The van der Waals surface area contributed by atoms with Gasteiger partial charge in [0.05, 0.1) is 33.1 Å². The van der Waals surface area contributed by atoms with Gasteiger partial charge in [-0.25, -0.2) is 0 Å². The van der Waals surface area contributed by atoms with Gasteiger partial charge in [-0.2, -0.15) is 8.42 Å². The van der Waals surface area contributed by atoms with Gasteiger partial charge in [0.25, 0.3) is 16.0 Å². The Hall–Kier alpha value is -2.82. The van der Waals surface area contributed by atoms with Gasteiger partial charge in [-0.1, -0.05) is 19.1 Å². The summed E-state index contributed by atoms with van der Waals surface area (Å²) in [6, 6.07) is 11.4. The van der Waals surface area contributed by atoms with Crippen LogP contribution in [0, 0.1) is 0 Å². The van der Waals surface area contributed by atoms with E-state index in [9.17, 15) is 13.2 Å². The van der Waals surface area contributed by atoms with Crippen LogP contribution in [0.1, 0.15) is 47.3 Å². The predicted molar refractivity (Wildman–Crippen MR) is 143 cm³/mol. The molecule has 10 heteroatoms. The number of carbonyl (C=O) groups excluding carboxylic acids is 1. The van der Waals surface area contributed by atoms with Crippen LogP contribution in [0.4, 0.5) is 5.69 Å². The second-order valence-electron chi connectivity index (χ2n) is 9.46. The highest BCUT2D eigenvalue weighted by Crippen LogP contribution is 2.40. The maximum Gasteiger partial charge on any atom is 0.264 e. The summed E-state index contributed by atoms with van der Waals surface area (Å²) >= 11 is 0. The lowest BCUT2D eigenvalue weighted by Crippen LogP contribution is -2.46. The minimum absolute atomic E-state index is 0.0205. The van der Waals surface area contributed by atoms with Crippen LogP contribution in [0.15, 0.2) is 36.4 Å². The van der Waals surface area contributed by atoms with Crippen molar-refractivity contribution in [2.75, 3.05) is 64.7 Å². The van der Waals surface area contributed by atoms with Crippen LogP contribution < -0.4 is 14.4 Å². The van der Waals surface area contributed by atoms with Crippen LogP contribution in [-0.4, -0.2) is 83.9 Å². The minimum Gasteiger partial charge on any atom is -0.493 e. The number of ether oxygens (including phenoxy) is 2. The summed E-state index contributed by atoms with van der Waals surface area (Å²) < 4.78 is 38.8. The maximum absolute atomic E-state index is 13.7. The smallest absolute Gasteiger partial charge is 0.264 e. The minimum atomic E-state index is -3.53. The Labute approximate surface area is 220 Å². The average molecular weight is 532 g/mol. The molecule has 2 heterocycles. The first-order chi connectivity index (χ1) is 17.8. The number of methoxy groups -OCH3 is 2. The number of likely N-dealkylation sites (N-methyl/N-ethyl adjacent to an activating group) is 1. The first-order valence-electron chi connectivity index (χ1n) is 12.7. The lowest BCUT2D eigenvalue weighted by Gasteiger charge is -2.36. The molecule has 202 valence electrons. The van der Waals surface area contributed by atoms with Gasteiger partial charge in [0.1, 0.15) is 0 Å². The van der Waals surface area contributed by atoms with Crippen LogP contribution in [0.5, 0.6) is 11.5 Å². The summed E-state index contributed by atoms with van der Waals surface area (Å²) in [6.45, 7) is 7.65. The zero-order valence-electron chi connectivity index (χ0n) is 22.1. The Bertz CT molecular complexity index is 1210. The van der Waals surface area contributed by atoms with Crippen molar-refractivity contribution < 1.29 is 26.9 Å². The fraction of sp³-hybridized carbons (Fsp3) is 0.519. The van der Waals surface area contributed by atoms with Crippen molar-refractivity contribution in [1.29, 1.82) is 0 Å². The number of amides is 1. The van der Waals surface area contributed by atoms with Gasteiger partial charge >= 0.3 is 0 Å². The number of hydrogen-bond acceptors (Lipinski definition) is 8. The fourth-order valence-electron chi connectivity index (χ4n) is 5.24. The highest BCUT2D eigenvalue weighted by molar-refractivity contribution is 7.85.